The Morgan fingerprint density at radius 1 is 0.962 bits per heavy atom. The van der Waals surface area contributed by atoms with E-state index < -0.39 is 0 Å². The SMILES string of the molecule is COc1ccc(Nc2cnnc(NCCc3ccccc3OC)n2)cc1. The minimum atomic E-state index is 0.471. The second kappa shape index (κ2) is 8.66. The first-order chi connectivity index (χ1) is 12.8. The van der Waals surface area contributed by atoms with E-state index in [0.29, 0.717) is 18.3 Å². The fourth-order valence-electron chi connectivity index (χ4n) is 2.48. The molecule has 0 aliphatic rings. The molecular formula is C19H21N5O2. The number of nitrogens with zero attached hydrogens (tertiary/aromatic N) is 3. The van der Waals surface area contributed by atoms with Gasteiger partial charge in [-0.25, -0.2) is 0 Å². The molecule has 0 aliphatic heterocycles. The van der Waals surface area contributed by atoms with Crippen LogP contribution in [0.25, 0.3) is 0 Å². The fraction of sp³-hybridized carbons (Fsp3) is 0.211. The van der Waals surface area contributed by atoms with Crippen LogP contribution < -0.4 is 20.1 Å². The number of benzene rings is 2. The zero-order chi connectivity index (χ0) is 18.2. The highest BCUT2D eigenvalue weighted by molar-refractivity contribution is 5.57. The summed E-state index contributed by atoms with van der Waals surface area (Å²) in [6, 6.07) is 15.5. The lowest BCUT2D eigenvalue weighted by Crippen LogP contribution is -2.10. The van der Waals surface area contributed by atoms with Crippen LogP contribution in [0.1, 0.15) is 5.56 Å². The number of aromatic nitrogens is 3. The van der Waals surface area contributed by atoms with Gasteiger partial charge in [0.1, 0.15) is 11.5 Å². The summed E-state index contributed by atoms with van der Waals surface area (Å²) >= 11 is 0. The molecule has 134 valence electrons. The Kier molecular flexibility index (Phi) is 5.82. The average Bonchev–Trinajstić information content (AvgIpc) is 2.69. The van der Waals surface area contributed by atoms with Crippen LogP contribution in [-0.4, -0.2) is 35.9 Å². The number of ether oxygens (including phenoxy) is 2. The van der Waals surface area contributed by atoms with Gasteiger partial charge in [-0.1, -0.05) is 18.2 Å². The third-order valence-corrected chi connectivity index (χ3v) is 3.79. The van der Waals surface area contributed by atoms with E-state index in [9.17, 15) is 0 Å². The molecule has 7 nitrogen and oxygen atoms in total. The maximum absolute atomic E-state index is 5.36. The molecule has 0 spiro atoms. The molecule has 2 aromatic carbocycles. The van der Waals surface area contributed by atoms with Gasteiger partial charge in [0.2, 0.25) is 5.95 Å². The Bertz CT molecular complexity index is 839. The molecule has 2 N–H and O–H groups in total. The quantitative estimate of drug-likeness (QED) is 0.644. The van der Waals surface area contributed by atoms with E-state index in [1.54, 1.807) is 20.4 Å². The third-order valence-electron chi connectivity index (χ3n) is 3.79. The Labute approximate surface area is 152 Å². The maximum atomic E-state index is 5.36. The highest BCUT2D eigenvalue weighted by atomic mass is 16.5. The lowest BCUT2D eigenvalue weighted by atomic mass is 10.1. The first-order valence-electron chi connectivity index (χ1n) is 8.25. The second-order valence-corrected chi connectivity index (χ2v) is 5.51. The first kappa shape index (κ1) is 17.5. The van der Waals surface area contributed by atoms with Gasteiger partial charge in [0.15, 0.2) is 5.82 Å². The highest BCUT2D eigenvalue weighted by Gasteiger charge is 2.04. The second-order valence-electron chi connectivity index (χ2n) is 5.51. The molecule has 0 unspecified atom stereocenters. The Morgan fingerprint density at radius 2 is 1.77 bits per heavy atom. The number of anilines is 3. The van der Waals surface area contributed by atoms with Gasteiger partial charge >= 0.3 is 0 Å². The summed E-state index contributed by atoms with van der Waals surface area (Å²) < 4.78 is 10.5. The smallest absolute Gasteiger partial charge is 0.244 e. The molecule has 3 rings (SSSR count). The molecule has 0 fully saturated rings. The Balaban J connectivity index is 1.58. The van der Waals surface area contributed by atoms with Crippen molar-refractivity contribution in [3.8, 4) is 11.5 Å². The first-order valence-corrected chi connectivity index (χ1v) is 8.25. The summed E-state index contributed by atoms with van der Waals surface area (Å²) in [7, 11) is 3.31. The minimum absolute atomic E-state index is 0.471. The molecule has 0 aliphatic carbocycles. The van der Waals surface area contributed by atoms with Gasteiger partial charge in [0.05, 0.1) is 20.4 Å². The van der Waals surface area contributed by atoms with E-state index in [1.807, 2.05) is 48.5 Å². The van der Waals surface area contributed by atoms with E-state index in [0.717, 1.165) is 29.2 Å². The summed E-state index contributed by atoms with van der Waals surface area (Å²) in [5.41, 5.74) is 2.02. The van der Waals surface area contributed by atoms with E-state index in [2.05, 4.69) is 25.8 Å². The van der Waals surface area contributed by atoms with Crippen LogP contribution in [0, 0.1) is 0 Å². The van der Waals surface area contributed by atoms with Crippen molar-refractivity contribution in [1.29, 1.82) is 0 Å². The zero-order valence-corrected chi connectivity index (χ0v) is 14.8. The maximum Gasteiger partial charge on any atom is 0.244 e. The lowest BCUT2D eigenvalue weighted by molar-refractivity contribution is 0.410. The topological polar surface area (TPSA) is 81.2 Å². The van der Waals surface area contributed by atoms with Gasteiger partial charge < -0.3 is 20.1 Å². The van der Waals surface area contributed by atoms with Crippen LogP contribution in [0.2, 0.25) is 0 Å². The van der Waals surface area contributed by atoms with Crippen molar-refractivity contribution >= 4 is 17.5 Å². The predicted octanol–water partition coefficient (Wildman–Crippen LogP) is 3.29. The summed E-state index contributed by atoms with van der Waals surface area (Å²) in [5, 5.41) is 14.4. The number of methoxy groups -OCH3 is 2. The molecule has 7 heteroatoms. The number of hydrogen-bond donors (Lipinski definition) is 2. The normalized spacial score (nSPS) is 10.2. The number of rotatable bonds is 8. The van der Waals surface area contributed by atoms with Gasteiger partial charge in [-0.2, -0.15) is 10.1 Å². The van der Waals surface area contributed by atoms with Gasteiger partial charge in [-0.05, 0) is 42.3 Å². The number of hydrogen-bond acceptors (Lipinski definition) is 7. The number of nitrogens with one attached hydrogen (secondary N) is 2. The van der Waals surface area contributed by atoms with Crippen LogP contribution in [0.15, 0.2) is 54.7 Å². The summed E-state index contributed by atoms with van der Waals surface area (Å²) in [4.78, 5) is 4.43. The standard InChI is InChI=1S/C19H21N5O2/c1-25-16-9-7-15(8-10-16)22-18-13-21-24-19(23-18)20-12-11-14-5-3-4-6-17(14)26-2/h3-10,13H,11-12H2,1-2H3,(H2,20,22,23,24). The van der Waals surface area contributed by atoms with Crippen molar-refractivity contribution in [2.75, 3.05) is 31.4 Å². The van der Waals surface area contributed by atoms with Gasteiger partial charge in [0.25, 0.3) is 0 Å². The largest absolute Gasteiger partial charge is 0.497 e. The van der Waals surface area contributed by atoms with Crippen molar-refractivity contribution in [2.24, 2.45) is 0 Å². The van der Waals surface area contributed by atoms with E-state index in [-0.39, 0.29) is 0 Å². The van der Waals surface area contributed by atoms with Crippen LogP contribution in [0.3, 0.4) is 0 Å². The van der Waals surface area contributed by atoms with Crippen LogP contribution in [0.4, 0.5) is 17.5 Å². The molecule has 0 amide bonds. The Morgan fingerprint density at radius 3 is 2.54 bits per heavy atom. The fourth-order valence-corrected chi connectivity index (χ4v) is 2.48. The zero-order valence-electron chi connectivity index (χ0n) is 14.8. The van der Waals surface area contributed by atoms with Gasteiger partial charge in [0, 0.05) is 12.2 Å². The molecule has 0 radical (unpaired) electrons. The summed E-state index contributed by atoms with van der Waals surface area (Å²) in [6.07, 6.45) is 2.37. The molecule has 0 atom stereocenters. The molecule has 0 saturated heterocycles. The van der Waals surface area contributed by atoms with Gasteiger partial charge in [-0.3, -0.25) is 0 Å². The summed E-state index contributed by atoms with van der Waals surface area (Å²) in [5.74, 6) is 2.77. The molecule has 1 heterocycles. The van der Waals surface area contributed by atoms with E-state index in [1.165, 1.54) is 0 Å². The average molecular weight is 351 g/mol. The van der Waals surface area contributed by atoms with Crippen molar-refractivity contribution in [3.63, 3.8) is 0 Å². The lowest BCUT2D eigenvalue weighted by Gasteiger charge is -2.10. The van der Waals surface area contributed by atoms with Crippen molar-refractivity contribution < 1.29 is 9.47 Å². The van der Waals surface area contributed by atoms with Crippen LogP contribution in [0.5, 0.6) is 11.5 Å². The Hall–Kier alpha value is -3.35. The third kappa shape index (κ3) is 4.60. The molecule has 26 heavy (non-hydrogen) atoms. The summed E-state index contributed by atoms with van der Waals surface area (Å²) in [6.45, 7) is 0.675. The minimum Gasteiger partial charge on any atom is -0.497 e. The molecule has 3 aromatic rings. The highest BCUT2D eigenvalue weighted by Crippen LogP contribution is 2.19. The van der Waals surface area contributed by atoms with Gasteiger partial charge in [-0.15, -0.1) is 5.10 Å². The molecular weight excluding hydrogens is 330 g/mol. The monoisotopic (exact) mass is 351 g/mol. The van der Waals surface area contributed by atoms with E-state index >= 15 is 0 Å². The van der Waals surface area contributed by atoms with Crippen LogP contribution in [-0.2, 0) is 6.42 Å². The molecule has 1 aromatic heterocycles. The van der Waals surface area contributed by atoms with Crippen molar-refractivity contribution in [1.82, 2.24) is 15.2 Å². The molecule has 0 bridgehead atoms. The van der Waals surface area contributed by atoms with Crippen molar-refractivity contribution in [3.05, 3.63) is 60.3 Å². The van der Waals surface area contributed by atoms with E-state index in [4.69, 9.17) is 9.47 Å². The molecule has 0 saturated carbocycles. The number of para-hydroxylation sites is 1. The predicted molar refractivity (Wildman–Crippen MR) is 101 cm³/mol. The van der Waals surface area contributed by atoms with Crippen molar-refractivity contribution in [2.45, 2.75) is 6.42 Å². The van der Waals surface area contributed by atoms with Crippen LogP contribution >= 0.6 is 0 Å².